The maximum atomic E-state index is 4.33. The maximum absolute atomic E-state index is 4.33. The summed E-state index contributed by atoms with van der Waals surface area (Å²) in [4.78, 5) is 6.51. The highest BCUT2D eigenvalue weighted by molar-refractivity contribution is 14.0. The molecule has 26 heavy (non-hydrogen) atoms. The van der Waals surface area contributed by atoms with E-state index in [0.717, 1.165) is 32.0 Å². The van der Waals surface area contributed by atoms with Gasteiger partial charge in [-0.2, -0.15) is 0 Å². The van der Waals surface area contributed by atoms with Crippen LogP contribution < -0.4 is 10.6 Å². The normalized spacial score (nSPS) is 11.2. The third kappa shape index (κ3) is 7.33. The number of nitrogens with zero attached hydrogens (tertiary/aromatic N) is 2. The highest BCUT2D eigenvalue weighted by atomic mass is 127. The summed E-state index contributed by atoms with van der Waals surface area (Å²) < 4.78 is 0. The van der Waals surface area contributed by atoms with Crippen LogP contribution in [0, 0.1) is 0 Å². The predicted octanol–water partition coefficient (Wildman–Crippen LogP) is 3.79. The van der Waals surface area contributed by atoms with Crippen molar-refractivity contribution in [2.45, 2.75) is 33.0 Å². The SMILES string of the molecule is CCc1ccccc1CNC(=NC)NCc1cccc(CN(C)C)c1.I. The second kappa shape index (κ2) is 11.9. The fraction of sp³-hybridized carbons (Fsp3) is 0.381. The predicted molar refractivity (Wildman–Crippen MR) is 122 cm³/mol. The molecule has 142 valence electrons. The van der Waals surface area contributed by atoms with E-state index in [1.54, 1.807) is 0 Å². The first-order valence-electron chi connectivity index (χ1n) is 8.86. The summed E-state index contributed by atoms with van der Waals surface area (Å²) in [5.74, 6) is 0.823. The van der Waals surface area contributed by atoms with Gasteiger partial charge >= 0.3 is 0 Å². The van der Waals surface area contributed by atoms with E-state index < -0.39 is 0 Å². The lowest BCUT2D eigenvalue weighted by atomic mass is 10.1. The Morgan fingerprint density at radius 3 is 2.23 bits per heavy atom. The zero-order chi connectivity index (χ0) is 18.1. The molecule has 0 aromatic heterocycles. The van der Waals surface area contributed by atoms with Gasteiger partial charge in [0.25, 0.3) is 0 Å². The quantitative estimate of drug-likeness (QED) is 0.371. The van der Waals surface area contributed by atoms with E-state index in [4.69, 9.17) is 0 Å². The van der Waals surface area contributed by atoms with Crippen LogP contribution in [0.2, 0.25) is 0 Å². The molecule has 0 radical (unpaired) electrons. The molecule has 0 unspecified atom stereocenters. The van der Waals surface area contributed by atoms with Crippen LogP contribution in [0.1, 0.15) is 29.2 Å². The third-order valence-electron chi connectivity index (χ3n) is 4.12. The lowest BCUT2D eigenvalue weighted by Gasteiger charge is -2.15. The monoisotopic (exact) mass is 466 g/mol. The molecule has 0 bridgehead atoms. The number of nitrogens with one attached hydrogen (secondary N) is 2. The van der Waals surface area contributed by atoms with Crippen molar-refractivity contribution >= 4 is 29.9 Å². The second-order valence-corrected chi connectivity index (χ2v) is 6.46. The Labute approximate surface area is 175 Å². The van der Waals surface area contributed by atoms with Gasteiger partial charge in [0, 0.05) is 26.7 Å². The van der Waals surface area contributed by atoms with Crippen LogP contribution in [-0.2, 0) is 26.1 Å². The molecule has 0 heterocycles. The van der Waals surface area contributed by atoms with Crippen molar-refractivity contribution in [2.24, 2.45) is 4.99 Å². The Bertz CT molecular complexity index is 698. The summed E-state index contributed by atoms with van der Waals surface area (Å²) in [5.41, 5.74) is 5.28. The molecule has 0 amide bonds. The zero-order valence-corrected chi connectivity index (χ0v) is 18.6. The van der Waals surface area contributed by atoms with Gasteiger partial charge in [-0.3, -0.25) is 4.99 Å². The first kappa shape index (κ1) is 22.4. The van der Waals surface area contributed by atoms with Gasteiger partial charge in [0.1, 0.15) is 0 Å². The van der Waals surface area contributed by atoms with Crippen LogP contribution in [0.5, 0.6) is 0 Å². The van der Waals surface area contributed by atoms with Crippen molar-refractivity contribution in [3.05, 3.63) is 70.8 Å². The number of guanidine groups is 1. The molecule has 0 aliphatic rings. The van der Waals surface area contributed by atoms with Gasteiger partial charge in [-0.1, -0.05) is 55.5 Å². The fourth-order valence-electron chi connectivity index (χ4n) is 2.86. The second-order valence-electron chi connectivity index (χ2n) is 6.46. The van der Waals surface area contributed by atoms with Crippen molar-refractivity contribution in [3.63, 3.8) is 0 Å². The summed E-state index contributed by atoms with van der Waals surface area (Å²) in [6.45, 7) is 4.68. The lowest BCUT2D eigenvalue weighted by molar-refractivity contribution is 0.402. The zero-order valence-electron chi connectivity index (χ0n) is 16.2. The van der Waals surface area contributed by atoms with E-state index >= 15 is 0 Å². The topological polar surface area (TPSA) is 39.7 Å². The summed E-state index contributed by atoms with van der Waals surface area (Å²) in [7, 11) is 5.99. The molecular weight excluding hydrogens is 435 g/mol. The number of hydrogen-bond acceptors (Lipinski definition) is 2. The minimum atomic E-state index is 0. The molecule has 5 heteroatoms. The molecule has 0 aliphatic heterocycles. The Morgan fingerprint density at radius 2 is 1.58 bits per heavy atom. The van der Waals surface area contributed by atoms with Crippen molar-refractivity contribution < 1.29 is 0 Å². The first-order chi connectivity index (χ1) is 12.1. The molecule has 0 fully saturated rings. The van der Waals surface area contributed by atoms with Crippen molar-refractivity contribution in [1.29, 1.82) is 0 Å². The minimum Gasteiger partial charge on any atom is -0.352 e. The summed E-state index contributed by atoms with van der Waals surface area (Å²) in [5, 5.41) is 6.81. The van der Waals surface area contributed by atoms with Gasteiger partial charge in [0.15, 0.2) is 5.96 Å². The molecule has 0 saturated carbocycles. The molecule has 2 rings (SSSR count). The molecular formula is C21H31IN4. The molecule has 0 aliphatic carbocycles. The van der Waals surface area contributed by atoms with Crippen LogP contribution in [0.15, 0.2) is 53.5 Å². The van der Waals surface area contributed by atoms with Gasteiger partial charge in [-0.05, 0) is 42.8 Å². The van der Waals surface area contributed by atoms with E-state index in [0.29, 0.717) is 0 Å². The Balaban J connectivity index is 0.00000338. The van der Waals surface area contributed by atoms with E-state index in [2.05, 4.69) is 90.1 Å². The van der Waals surface area contributed by atoms with Gasteiger partial charge in [-0.15, -0.1) is 24.0 Å². The smallest absolute Gasteiger partial charge is 0.191 e. The summed E-state index contributed by atoms with van der Waals surface area (Å²) in [6.07, 6.45) is 1.04. The van der Waals surface area contributed by atoms with Gasteiger partial charge < -0.3 is 15.5 Å². The molecule has 0 spiro atoms. The van der Waals surface area contributed by atoms with Gasteiger partial charge in [0.2, 0.25) is 0 Å². The number of benzene rings is 2. The molecule has 0 saturated heterocycles. The maximum Gasteiger partial charge on any atom is 0.191 e. The minimum absolute atomic E-state index is 0. The van der Waals surface area contributed by atoms with Crippen molar-refractivity contribution in [1.82, 2.24) is 15.5 Å². The van der Waals surface area contributed by atoms with Crippen LogP contribution in [0.4, 0.5) is 0 Å². The van der Waals surface area contributed by atoms with Crippen molar-refractivity contribution in [2.75, 3.05) is 21.1 Å². The van der Waals surface area contributed by atoms with Gasteiger partial charge in [0.05, 0.1) is 0 Å². The standard InChI is InChI=1S/C21H30N4.HI/c1-5-19-11-6-7-12-20(19)15-24-21(22-2)23-14-17-9-8-10-18(13-17)16-25(3)4;/h6-13H,5,14-16H2,1-4H3,(H2,22,23,24);1H. The summed E-state index contributed by atoms with van der Waals surface area (Å²) in [6, 6.07) is 17.2. The molecule has 2 aromatic carbocycles. The van der Waals surface area contributed by atoms with E-state index in [1.807, 2.05) is 7.05 Å². The average Bonchev–Trinajstić information content (AvgIpc) is 2.62. The molecule has 0 atom stereocenters. The molecule has 4 nitrogen and oxygen atoms in total. The van der Waals surface area contributed by atoms with Crippen molar-refractivity contribution in [3.8, 4) is 0 Å². The van der Waals surface area contributed by atoms with Gasteiger partial charge in [-0.25, -0.2) is 0 Å². The highest BCUT2D eigenvalue weighted by Crippen LogP contribution is 2.09. The number of hydrogen-bond donors (Lipinski definition) is 2. The number of aliphatic imine (C=N–C) groups is 1. The lowest BCUT2D eigenvalue weighted by Crippen LogP contribution is -2.36. The van der Waals surface area contributed by atoms with Crippen LogP contribution in [-0.4, -0.2) is 32.0 Å². The Hall–Kier alpha value is -1.60. The van der Waals surface area contributed by atoms with E-state index in [9.17, 15) is 0 Å². The fourth-order valence-corrected chi connectivity index (χ4v) is 2.86. The Kier molecular flexibility index (Phi) is 10.3. The van der Waals surface area contributed by atoms with Crippen LogP contribution >= 0.6 is 24.0 Å². The van der Waals surface area contributed by atoms with Crippen LogP contribution in [0.3, 0.4) is 0 Å². The molecule has 2 N–H and O–H groups in total. The average molecular weight is 466 g/mol. The highest BCUT2D eigenvalue weighted by Gasteiger charge is 2.03. The summed E-state index contributed by atoms with van der Waals surface area (Å²) >= 11 is 0. The number of aryl methyl sites for hydroxylation is 1. The van der Waals surface area contributed by atoms with E-state index in [-0.39, 0.29) is 24.0 Å². The largest absolute Gasteiger partial charge is 0.352 e. The van der Waals surface area contributed by atoms with E-state index in [1.165, 1.54) is 22.3 Å². The first-order valence-corrected chi connectivity index (χ1v) is 8.86. The van der Waals surface area contributed by atoms with Crippen LogP contribution in [0.25, 0.3) is 0 Å². The Morgan fingerprint density at radius 1 is 0.923 bits per heavy atom. The molecule has 2 aromatic rings. The number of rotatable bonds is 7. The third-order valence-corrected chi connectivity index (χ3v) is 4.12. The number of halogens is 1.